The normalized spacial score (nSPS) is 12.0. The molecule has 0 aliphatic rings. The Morgan fingerprint density at radius 1 is 1.15 bits per heavy atom. The summed E-state index contributed by atoms with van der Waals surface area (Å²) >= 11 is 6.07. The van der Waals surface area contributed by atoms with E-state index in [2.05, 4.69) is 0 Å². The highest BCUT2D eigenvalue weighted by atomic mass is 35.5. The molecule has 0 bridgehead atoms. The fourth-order valence-corrected chi connectivity index (χ4v) is 2.01. The molecule has 0 aromatic heterocycles. The maximum atomic E-state index is 13.3. The SMILES string of the molecule is COc1cc(C(=O)C(Cl)c2ccc(F)cc2)ccc1F. The van der Waals surface area contributed by atoms with Crippen molar-refractivity contribution in [3.05, 3.63) is 65.2 Å². The molecule has 0 fully saturated rings. The zero-order chi connectivity index (χ0) is 14.7. The summed E-state index contributed by atoms with van der Waals surface area (Å²) in [5, 5.41) is -0.967. The molecule has 0 radical (unpaired) electrons. The van der Waals surface area contributed by atoms with E-state index in [1.807, 2.05) is 0 Å². The summed E-state index contributed by atoms with van der Waals surface area (Å²) in [6.07, 6.45) is 0. The van der Waals surface area contributed by atoms with E-state index in [-0.39, 0.29) is 11.3 Å². The largest absolute Gasteiger partial charge is 0.494 e. The molecular weight excluding hydrogens is 286 g/mol. The van der Waals surface area contributed by atoms with Crippen molar-refractivity contribution in [3.63, 3.8) is 0 Å². The summed E-state index contributed by atoms with van der Waals surface area (Å²) < 4.78 is 30.9. The van der Waals surface area contributed by atoms with E-state index in [4.69, 9.17) is 16.3 Å². The minimum absolute atomic E-state index is 0.0289. The molecule has 104 valence electrons. The molecule has 0 heterocycles. The zero-order valence-electron chi connectivity index (χ0n) is 10.6. The van der Waals surface area contributed by atoms with Crippen LogP contribution in [0.3, 0.4) is 0 Å². The van der Waals surface area contributed by atoms with Crippen molar-refractivity contribution < 1.29 is 18.3 Å². The number of ketones is 1. The van der Waals surface area contributed by atoms with Gasteiger partial charge in [-0.25, -0.2) is 8.78 Å². The smallest absolute Gasteiger partial charge is 0.185 e. The molecule has 0 aliphatic carbocycles. The predicted molar refractivity (Wildman–Crippen MR) is 72.3 cm³/mol. The van der Waals surface area contributed by atoms with Gasteiger partial charge in [0.2, 0.25) is 0 Å². The number of hydrogen-bond donors (Lipinski definition) is 0. The Morgan fingerprint density at radius 3 is 2.40 bits per heavy atom. The molecule has 0 N–H and O–H groups in total. The number of carbonyl (C=O) groups excluding carboxylic acids is 1. The van der Waals surface area contributed by atoms with Gasteiger partial charge < -0.3 is 4.74 Å². The molecule has 2 rings (SSSR count). The molecule has 5 heteroatoms. The van der Waals surface area contributed by atoms with Gasteiger partial charge in [-0.05, 0) is 35.9 Å². The summed E-state index contributed by atoms with van der Waals surface area (Å²) in [5.41, 5.74) is 0.703. The van der Waals surface area contributed by atoms with Crippen molar-refractivity contribution in [2.45, 2.75) is 5.38 Å². The van der Waals surface area contributed by atoms with E-state index >= 15 is 0 Å². The fourth-order valence-electron chi connectivity index (χ4n) is 1.74. The average Bonchev–Trinajstić information content (AvgIpc) is 2.47. The van der Waals surface area contributed by atoms with Crippen LogP contribution in [0.5, 0.6) is 5.75 Å². The molecule has 2 aromatic carbocycles. The number of benzene rings is 2. The van der Waals surface area contributed by atoms with Gasteiger partial charge in [0, 0.05) is 5.56 Å². The number of ether oxygens (including phenoxy) is 1. The standard InChI is InChI=1S/C15H11ClF2O2/c1-20-13-8-10(4-7-12(13)18)15(19)14(16)9-2-5-11(17)6-3-9/h2-8,14H,1H3. The van der Waals surface area contributed by atoms with Gasteiger partial charge in [0.1, 0.15) is 11.2 Å². The van der Waals surface area contributed by atoms with E-state index < -0.39 is 22.8 Å². The van der Waals surface area contributed by atoms with Crippen LogP contribution in [-0.2, 0) is 0 Å². The van der Waals surface area contributed by atoms with E-state index in [0.717, 1.165) is 6.07 Å². The molecule has 2 aromatic rings. The molecule has 2 nitrogen and oxygen atoms in total. The number of Topliss-reactive ketones (excluding diaryl/α,β-unsaturated/α-hetero) is 1. The monoisotopic (exact) mass is 296 g/mol. The van der Waals surface area contributed by atoms with E-state index in [9.17, 15) is 13.6 Å². The average molecular weight is 297 g/mol. The van der Waals surface area contributed by atoms with Crippen molar-refractivity contribution in [1.82, 2.24) is 0 Å². The van der Waals surface area contributed by atoms with Crippen LogP contribution < -0.4 is 4.74 Å². The Labute approximate surface area is 119 Å². The van der Waals surface area contributed by atoms with Gasteiger partial charge >= 0.3 is 0 Å². The van der Waals surface area contributed by atoms with Crippen LogP contribution in [0.25, 0.3) is 0 Å². The second-order valence-corrected chi connectivity index (χ2v) is 4.56. The summed E-state index contributed by atoms with van der Waals surface area (Å²) in [5.74, 6) is -1.40. The summed E-state index contributed by atoms with van der Waals surface area (Å²) in [4.78, 5) is 12.2. The van der Waals surface area contributed by atoms with Gasteiger partial charge in [-0.2, -0.15) is 0 Å². The quantitative estimate of drug-likeness (QED) is 0.626. The number of methoxy groups -OCH3 is 1. The molecule has 0 spiro atoms. The summed E-state index contributed by atoms with van der Waals surface area (Å²) in [6, 6.07) is 9.08. The summed E-state index contributed by atoms with van der Waals surface area (Å²) in [6.45, 7) is 0. The molecule has 0 aliphatic heterocycles. The lowest BCUT2D eigenvalue weighted by Gasteiger charge is -2.10. The van der Waals surface area contributed by atoms with E-state index in [0.29, 0.717) is 5.56 Å². The Balaban J connectivity index is 2.28. The first-order chi connectivity index (χ1) is 9.52. The minimum Gasteiger partial charge on any atom is -0.494 e. The van der Waals surface area contributed by atoms with Crippen LogP contribution in [0.2, 0.25) is 0 Å². The second kappa shape index (κ2) is 6.01. The third-order valence-corrected chi connectivity index (χ3v) is 3.28. The van der Waals surface area contributed by atoms with Gasteiger partial charge in [-0.3, -0.25) is 4.79 Å². The van der Waals surface area contributed by atoms with E-state index in [1.165, 1.54) is 43.5 Å². The fraction of sp³-hybridized carbons (Fsp3) is 0.133. The van der Waals surface area contributed by atoms with Crippen LogP contribution in [0.15, 0.2) is 42.5 Å². The van der Waals surface area contributed by atoms with Crippen molar-refractivity contribution in [2.75, 3.05) is 7.11 Å². The van der Waals surface area contributed by atoms with Gasteiger partial charge in [-0.15, -0.1) is 11.6 Å². The van der Waals surface area contributed by atoms with Crippen molar-refractivity contribution in [2.24, 2.45) is 0 Å². The maximum absolute atomic E-state index is 13.3. The predicted octanol–water partition coefficient (Wildman–Crippen LogP) is 4.14. The molecule has 0 amide bonds. The lowest BCUT2D eigenvalue weighted by Crippen LogP contribution is -2.08. The number of carbonyl (C=O) groups is 1. The van der Waals surface area contributed by atoms with Gasteiger partial charge in [-0.1, -0.05) is 12.1 Å². The lowest BCUT2D eigenvalue weighted by atomic mass is 10.0. The van der Waals surface area contributed by atoms with Gasteiger partial charge in [0.15, 0.2) is 17.3 Å². The molecule has 1 atom stereocenters. The van der Waals surface area contributed by atoms with Gasteiger partial charge in [0.25, 0.3) is 0 Å². The Hall–Kier alpha value is -1.94. The molecule has 1 unspecified atom stereocenters. The van der Waals surface area contributed by atoms with Crippen LogP contribution in [-0.4, -0.2) is 12.9 Å². The molecule has 20 heavy (non-hydrogen) atoms. The Kier molecular flexibility index (Phi) is 4.35. The number of halogens is 3. The van der Waals surface area contributed by atoms with Crippen LogP contribution in [0.4, 0.5) is 8.78 Å². The van der Waals surface area contributed by atoms with Crippen molar-refractivity contribution >= 4 is 17.4 Å². The number of alkyl halides is 1. The highest BCUT2D eigenvalue weighted by Crippen LogP contribution is 2.27. The first-order valence-electron chi connectivity index (χ1n) is 5.80. The molecular formula is C15H11ClF2O2. The van der Waals surface area contributed by atoms with Crippen LogP contribution >= 0.6 is 11.6 Å². The third-order valence-electron chi connectivity index (χ3n) is 2.83. The van der Waals surface area contributed by atoms with Crippen molar-refractivity contribution in [3.8, 4) is 5.75 Å². The highest BCUT2D eigenvalue weighted by molar-refractivity contribution is 6.33. The lowest BCUT2D eigenvalue weighted by molar-refractivity contribution is 0.0986. The van der Waals surface area contributed by atoms with Gasteiger partial charge in [0.05, 0.1) is 7.11 Å². The van der Waals surface area contributed by atoms with Crippen LogP contribution in [0.1, 0.15) is 21.3 Å². The first-order valence-corrected chi connectivity index (χ1v) is 6.24. The first kappa shape index (κ1) is 14.5. The van der Waals surface area contributed by atoms with E-state index in [1.54, 1.807) is 0 Å². The minimum atomic E-state index is -0.967. The third kappa shape index (κ3) is 2.96. The summed E-state index contributed by atoms with van der Waals surface area (Å²) in [7, 11) is 1.31. The Morgan fingerprint density at radius 2 is 1.80 bits per heavy atom. The maximum Gasteiger partial charge on any atom is 0.185 e. The number of hydrogen-bond acceptors (Lipinski definition) is 2. The second-order valence-electron chi connectivity index (χ2n) is 4.13. The molecule has 0 saturated carbocycles. The topological polar surface area (TPSA) is 26.3 Å². The van der Waals surface area contributed by atoms with Crippen molar-refractivity contribution in [1.29, 1.82) is 0 Å². The Bertz CT molecular complexity index is 626. The molecule has 0 saturated heterocycles. The highest BCUT2D eigenvalue weighted by Gasteiger charge is 2.20. The number of rotatable bonds is 4. The van der Waals surface area contributed by atoms with Crippen LogP contribution in [0, 0.1) is 11.6 Å². The zero-order valence-corrected chi connectivity index (χ0v) is 11.3.